The summed E-state index contributed by atoms with van der Waals surface area (Å²) in [7, 11) is 0. The molecule has 2 rings (SSSR count). The standard InChI is InChI=1S/C15H17ClN2O/c1-15(2,3)14-12(8-17-13(9-19)18-14)10-4-6-11(16)7-5-10/h4-8,19H,9H2,1-3H3. The lowest BCUT2D eigenvalue weighted by atomic mass is 9.87. The molecule has 0 atom stereocenters. The fourth-order valence-corrected chi connectivity index (χ4v) is 2.03. The summed E-state index contributed by atoms with van der Waals surface area (Å²) in [6.45, 7) is 6.13. The van der Waals surface area contributed by atoms with Crippen LogP contribution in [-0.4, -0.2) is 15.1 Å². The molecule has 1 N–H and O–H groups in total. The number of aliphatic hydroxyl groups is 1. The van der Waals surface area contributed by atoms with Crippen molar-refractivity contribution in [3.8, 4) is 11.1 Å². The summed E-state index contributed by atoms with van der Waals surface area (Å²) < 4.78 is 0. The van der Waals surface area contributed by atoms with E-state index >= 15 is 0 Å². The fourth-order valence-electron chi connectivity index (χ4n) is 1.91. The van der Waals surface area contributed by atoms with Crippen molar-refractivity contribution in [2.45, 2.75) is 32.8 Å². The minimum absolute atomic E-state index is 0.123. The number of aromatic nitrogens is 2. The summed E-state index contributed by atoms with van der Waals surface area (Å²) in [5.41, 5.74) is 2.80. The second-order valence-electron chi connectivity index (χ2n) is 5.46. The number of rotatable bonds is 2. The van der Waals surface area contributed by atoms with Crippen molar-refractivity contribution in [1.29, 1.82) is 0 Å². The Morgan fingerprint density at radius 1 is 1.16 bits per heavy atom. The molecule has 0 bridgehead atoms. The Hall–Kier alpha value is -1.45. The van der Waals surface area contributed by atoms with Gasteiger partial charge >= 0.3 is 0 Å². The lowest BCUT2D eigenvalue weighted by molar-refractivity contribution is 0.270. The number of aliphatic hydroxyl groups excluding tert-OH is 1. The summed E-state index contributed by atoms with van der Waals surface area (Å²) in [6, 6.07) is 7.61. The molecular weight excluding hydrogens is 260 g/mol. The van der Waals surface area contributed by atoms with Crippen LogP contribution in [0.2, 0.25) is 5.02 Å². The van der Waals surface area contributed by atoms with Crippen molar-refractivity contribution >= 4 is 11.6 Å². The SMILES string of the molecule is CC(C)(C)c1nc(CO)ncc1-c1ccc(Cl)cc1. The first-order valence-electron chi connectivity index (χ1n) is 6.15. The molecule has 3 nitrogen and oxygen atoms in total. The first-order valence-corrected chi connectivity index (χ1v) is 6.53. The maximum atomic E-state index is 9.18. The van der Waals surface area contributed by atoms with E-state index in [1.54, 1.807) is 6.20 Å². The van der Waals surface area contributed by atoms with Gasteiger partial charge in [-0.3, -0.25) is 0 Å². The van der Waals surface area contributed by atoms with Crippen LogP contribution in [0.3, 0.4) is 0 Å². The molecule has 0 saturated carbocycles. The van der Waals surface area contributed by atoms with E-state index in [0.29, 0.717) is 10.8 Å². The molecule has 0 amide bonds. The topological polar surface area (TPSA) is 46.0 Å². The number of halogens is 1. The Bertz CT molecular complexity index is 574. The summed E-state index contributed by atoms with van der Waals surface area (Å²) in [5, 5.41) is 9.89. The average Bonchev–Trinajstić information content (AvgIpc) is 2.38. The summed E-state index contributed by atoms with van der Waals surface area (Å²) in [4.78, 5) is 8.64. The number of hydrogen-bond acceptors (Lipinski definition) is 3. The predicted octanol–water partition coefficient (Wildman–Crippen LogP) is 3.59. The molecular formula is C15H17ClN2O. The zero-order chi connectivity index (χ0) is 14.0. The predicted molar refractivity (Wildman–Crippen MR) is 77.1 cm³/mol. The molecule has 1 aromatic heterocycles. The van der Waals surface area contributed by atoms with Gasteiger partial charge in [0.1, 0.15) is 6.61 Å². The van der Waals surface area contributed by atoms with Crippen LogP contribution in [0.5, 0.6) is 0 Å². The monoisotopic (exact) mass is 276 g/mol. The van der Waals surface area contributed by atoms with Crippen LogP contribution in [0.25, 0.3) is 11.1 Å². The summed E-state index contributed by atoms with van der Waals surface area (Å²) in [6.07, 6.45) is 1.77. The van der Waals surface area contributed by atoms with E-state index in [1.165, 1.54) is 0 Å². The van der Waals surface area contributed by atoms with E-state index in [2.05, 4.69) is 30.7 Å². The molecule has 19 heavy (non-hydrogen) atoms. The van der Waals surface area contributed by atoms with Gasteiger partial charge in [-0.25, -0.2) is 9.97 Å². The normalized spacial score (nSPS) is 11.6. The van der Waals surface area contributed by atoms with Gasteiger partial charge in [-0.2, -0.15) is 0 Å². The highest BCUT2D eigenvalue weighted by Crippen LogP contribution is 2.31. The Kier molecular flexibility index (Phi) is 3.88. The minimum atomic E-state index is -0.149. The van der Waals surface area contributed by atoms with Crippen LogP contribution >= 0.6 is 11.6 Å². The van der Waals surface area contributed by atoms with Gasteiger partial charge in [0.2, 0.25) is 0 Å². The highest BCUT2D eigenvalue weighted by atomic mass is 35.5. The average molecular weight is 277 g/mol. The second-order valence-corrected chi connectivity index (χ2v) is 5.90. The van der Waals surface area contributed by atoms with Gasteiger partial charge in [-0.1, -0.05) is 44.5 Å². The largest absolute Gasteiger partial charge is 0.388 e. The summed E-state index contributed by atoms with van der Waals surface area (Å²) >= 11 is 5.91. The van der Waals surface area contributed by atoms with E-state index in [4.69, 9.17) is 11.6 Å². The van der Waals surface area contributed by atoms with Gasteiger partial charge < -0.3 is 5.11 Å². The van der Waals surface area contributed by atoms with Crippen molar-refractivity contribution in [2.75, 3.05) is 0 Å². The first kappa shape index (κ1) is 14.0. The number of hydrogen-bond donors (Lipinski definition) is 1. The van der Waals surface area contributed by atoms with E-state index in [1.807, 2.05) is 24.3 Å². The van der Waals surface area contributed by atoms with Crippen LogP contribution in [0.15, 0.2) is 30.5 Å². The molecule has 100 valence electrons. The van der Waals surface area contributed by atoms with Crippen molar-refractivity contribution in [3.05, 3.63) is 47.0 Å². The maximum absolute atomic E-state index is 9.18. The zero-order valence-electron chi connectivity index (χ0n) is 11.3. The van der Waals surface area contributed by atoms with E-state index in [0.717, 1.165) is 16.8 Å². The Morgan fingerprint density at radius 3 is 2.32 bits per heavy atom. The molecule has 4 heteroatoms. The van der Waals surface area contributed by atoms with Gasteiger partial charge in [0, 0.05) is 22.2 Å². The molecule has 1 heterocycles. The highest BCUT2D eigenvalue weighted by Gasteiger charge is 2.21. The molecule has 1 aromatic carbocycles. The molecule has 0 saturated heterocycles. The van der Waals surface area contributed by atoms with Crippen LogP contribution < -0.4 is 0 Å². The molecule has 0 aliphatic rings. The van der Waals surface area contributed by atoms with E-state index in [9.17, 15) is 5.11 Å². The third-order valence-corrected chi connectivity index (χ3v) is 3.10. The molecule has 0 radical (unpaired) electrons. The van der Waals surface area contributed by atoms with E-state index in [-0.39, 0.29) is 12.0 Å². The maximum Gasteiger partial charge on any atom is 0.153 e. The number of nitrogens with zero attached hydrogens (tertiary/aromatic N) is 2. The molecule has 0 aliphatic carbocycles. The molecule has 0 unspecified atom stereocenters. The van der Waals surface area contributed by atoms with E-state index < -0.39 is 0 Å². The summed E-state index contributed by atoms with van der Waals surface area (Å²) in [5.74, 6) is 0.447. The van der Waals surface area contributed by atoms with Gasteiger partial charge in [0.25, 0.3) is 0 Å². The zero-order valence-corrected chi connectivity index (χ0v) is 12.1. The van der Waals surface area contributed by atoms with Crippen LogP contribution in [0.4, 0.5) is 0 Å². The van der Waals surface area contributed by atoms with Gasteiger partial charge in [0.05, 0.1) is 5.69 Å². The molecule has 0 spiro atoms. The van der Waals surface area contributed by atoms with Crippen molar-refractivity contribution < 1.29 is 5.11 Å². The van der Waals surface area contributed by atoms with Crippen LogP contribution in [0.1, 0.15) is 32.3 Å². The Morgan fingerprint density at radius 2 is 1.79 bits per heavy atom. The third-order valence-electron chi connectivity index (χ3n) is 2.85. The second kappa shape index (κ2) is 5.27. The Balaban J connectivity index is 2.59. The lowest BCUT2D eigenvalue weighted by Gasteiger charge is -2.22. The molecule has 2 aromatic rings. The molecule has 0 aliphatic heterocycles. The minimum Gasteiger partial charge on any atom is -0.388 e. The number of benzene rings is 1. The fraction of sp³-hybridized carbons (Fsp3) is 0.333. The van der Waals surface area contributed by atoms with Crippen LogP contribution in [0, 0.1) is 0 Å². The van der Waals surface area contributed by atoms with Crippen LogP contribution in [-0.2, 0) is 12.0 Å². The smallest absolute Gasteiger partial charge is 0.153 e. The van der Waals surface area contributed by atoms with Gasteiger partial charge in [-0.05, 0) is 17.7 Å². The first-order chi connectivity index (χ1) is 8.91. The van der Waals surface area contributed by atoms with Crippen molar-refractivity contribution in [3.63, 3.8) is 0 Å². The Labute approximate surface area is 118 Å². The lowest BCUT2D eigenvalue weighted by Crippen LogP contribution is -2.17. The van der Waals surface area contributed by atoms with Gasteiger partial charge in [0.15, 0.2) is 5.82 Å². The third kappa shape index (κ3) is 3.11. The van der Waals surface area contributed by atoms with Crippen molar-refractivity contribution in [2.24, 2.45) is 0 Å². The van der Waals surface area contributed by atoms with Crippen molar-refractivity contribution in [1.82, 2.24) is 9.97 Å². The quantitative estimate of drug-likeness (QED) is 0.912. The van der Waals surface area contributed by atoms with Gasteiger partial charge in [-0.15, -0.1) is 0 Å². The highest BCUT2D eigenvalue weighted by molar-refractivity contribution is 6.30. The molecule has 0 fully saturated rings.